The van der Waals surface area contributed by atoms with Gasteiger partial charge in [0.1, 0.15) is 5.75 Å². The van der Waals surface area contributed by atoms with Crippen LogP contribution in [0.5, 0.6) is 5.75 Å². The van der Waals surface area contributed by atoms with E-state index in [-0.39, 0.29) is 5.75 Å². The lowest BCUT2D eigenvalue weighted by molar-refractivity contribution is 0.475. The first-order chi connectivity index (χ1) is 9.63. The lowest BCUT2D eigenvalue weighted by Gasteiger charge is -2.31. The standard InChI is InChI=1S/C17H18ClNO/c1-12-4-6-16-14(9-12)3-2-8-19(16)11-13-5-7-17(20)15(18)10-13/h4-7,9-10,20H,2-3,8,11H2,1H3. The molecule has 2 aromatic rings. The molecule has 2 nitrogen and oxygen atoms in total. The molecular weight excluding hydrogens is 270 g/mol. The number of phenols is 1. The largest absolute Gasteiger partial charge is 0.506 e. The maximum absolute atomic E-state index is 9.49. The summed E-state index contributed by atoms with van der Waals surface area (Å²) in [6.07, 6.45) is 2.34. The fourth-order valence-corrected chi connectivity index (χ4v) is 3.04. The Balaban J connectivity index is 1.87. The smallest absolute Gasteiger partial charge is 0.134 e. The number of halogens is 1. The van der Waals surface area contributed by atoms with Crippen molar-refractivity contribution in [2.45, 2.75) is 26.3 Å². The summed E-state index contributed by atoms with van der Waals surface area (Å²) in [5, 5.41) is 9.91. The summed E-state index contributed by atoms with van der Waals surface area (Å²) in [6, 6.07) is 12.1. The van der Waals surface area contributed by atoms with Crippen LogP contribution in [0.1, 0.15) is 23.1 Å². The predicted octanol–water partition coefficient (Wildman–Crippen LogP) is 4.31. The van der Waals surface area contributed by atoms with E-state index in [0.29, 0.717) is 5.02 Å². The van der Waals surface area contributed by atoms with Crippen LogP contribution in [0.4, 0.5) is 5.69 Å². The number of hydrogen-bond acceptors (Lipinski definition) is 2. The van der Waals surface area contributed by atoms with Gasteiger partial charge in [-0.3, -0.25) is 0 Å². The number of aryl methyl sites for hydroxylation is 2. The van der Waals surface area contributed by atoms with E-state index in [1.165, 1.54) is 23.2 Å². The lowest BCUT2D eigenvalue weighted by atomic mass is 9.99. The zero-order chi connectivity index (χ0) is 14.1. The van der Waals surface area contributed by atoms with Gasteiger partial charge >= 0.3 is 0 Å². The highest BCUT2D eigenvalue weighted by molar-refractivity contribution is 6.32. The molecule has 20 heavy (non-hydrogen) atoms. The summed E-state index contributed by atoms with van der Waals surface area (Å²) in [6.45, 7) is 4.03. The van der Waals surface area contributed by atoms with Crippen molar-refractivity contribution in [3.8, 4) is 5.75 Å². The van der Waals surface area contributed by atoms with Gasteiger partial charge in [0.05, 0.1) is 5.02 Å². The van der Waals surface area contributed by atoms with Gasteiger partial charge in [0, 0.05) is 18.8 Å². The lowest BCUT2D eigenvalue weighted by Crippen LogP contribution is -2.28. The summed E-state index contributed by atoms with van der Waals surface area (Å²) in [4.78, 5) is 2.39. The first-order valence-electron chi connectivity index (χ1n) is 6.95. The molecule has 0 saturated heterocycles. The average molecular weight is 288 g/mol. The maximum atomic E-state index is 9.49. The van der Waals surface area contributed by atoms with Crippen LogP contribution in [0.25, 0.3) is 0 Å². The molecule has 104 valence electrons. The Labute approximate surface area is 124 Å². The molecule has 0 aliphatic carbocycles. The molecule has 0 saturated carbocycles. The molecule has 1 N–H and O–H groups in total. The number of aromatic hydroxyl groups is 1. The molecule has 1 heterocycles. The Morgan fingerprint density at radius 1 is 1.20 bits per heavy atom. The highest BCUT2D eigenvalue weighted by Crippen LogP contribution is 2.30. The normalized spacial score (nSPS) is 14.2. The number of hydrogen-bond donors (Lipinski definition) is 1. The van der Waals surface area contributed by atoms with E-state index in [1.54, 1.807) is 6.07 Å². The predicted molar refractivity (Wildman–Crippen MR) is 83.7 cm³/mol. The van der Waals surface area contributed by atoms with Crippen molar-refractivity contribution in [2.24, 2.45) is 0 Å². The van der Waals surface area contributed by atoms with E-state index in [0.717, 1.165) is 25.1 Å². The van der Waals surface area contributed by atoms with E-state index >= 15 is 0 Å². The Bertz CT molecular complexity index is 639. The van der Waals surface area contributed by atoms with Gasteiger partial charge in [0.2, 0.25) is 0 Å². The molecule has 0 bridgehead atoms. The van der Waals surface area contributed by atoms with E-state index in [9.17, 15) is 5.11 Å². The summed E-state index contributed by atoms with van der Waals surface area (Å²) >= 11 is 5.98. The van der Waals surface area contributed by atoms with Gasteiger partial charge in [-0.15, -0.1) is 0 Å². The quantitative estimate of drug-likeness (QED) is 0.890. The Morgan fingerprint density at radius 3 is 2.85 bits per heavy atom. The third-order valence-corrected chi connectivity index (χ3v) is 4.14. The Kier molecular flexibility index (Phi) is 3.58. The van der Waals surface area contributed by atoms with Crippen LogP contribution >= 0.6 is 11.6 Å². The minimum absolute atomic E-state index is 0.144. The number of anilines is 1. The Hall–Kier alpha value is -1.67. The van der Waals surface area contributed by atoms with E-state index < -0.39 is 0 Å². The van der Waals surface area contributed by atoms with Crippen LogP contribution in [-0.2, 0) is 13.0 Å². The number of phenolic OH excluding ortho intramolecular Hbond substituents is 1. The second-order valence-corrected chi connectivity index (χ2v) is 5.85. The zero-order valence-electron chi connectivity index (χ0n) is 11.6. The second-order valence-electron chi connectivity index (χ2n) is 5.44. The number of nitrogens with zero attached hydrogens (tertiary/aromatic N) is 1. The van der Waals surface area contributed by atoms with Crippen LogP contribution in [0, 0.1) is 6.92 Å². The second kappa shape index (κ2) is 5.37. The molecule has 0 fully saturated rings. The van der Waals surface area contributed by atoms with Crippen LogP contribution in [0.2, 0.25) is 5.02 Å². The highest BCUT2D eigenvalue weighted by atomic mass is 35.5. The van der Waals surface area contributed by atoms with Gasteiger partial charge in [0.25, 0.3) is 0 Å². The molecule has 0 unspecified atom stereocenters. The van der Waals surface area contributed by atoms with Crippen molar-refractivity contribution in [3.63, 3.8) is 0 Å². The summed E-state index contributed by atoms with van der Waals surface area (Å²) in [5.74, 6) is 0.144. The van der Waals surface area contributed by atoms with Crippen molar-refractivity contribution >= 4 is 17.3 Å². The molecule has 3 heteroatoms. The van der Waals surface area contributed by atoms with Gasteiger partial charge < -0.3 is 10.0 Å². The molecule has 0 amide bonds. The van der Waals surface area contributed by atoms with Crippen molar-refractivity contribution in [1.29, 1.82) is 0 Å². The third kappa shape index (κ3) is 2.61. The van der Waals surface area contributed by atoms with Gasteiger partial charge in [-0.1, -0.05) is 35.4 Å². The van der Waals surface area contributed by atoms with Gasteiger partial charge in [-0.2, -0.15) is 0 Å². The third-order valence-electron chi connectivity index (χ3n) is 3.84. The fourth-order valence-electron chi connectivity index (χ4n) is 2.84. The molecule has 0 atom stereocenters. The Morgan fingerprint density at radius 2 is 2.05 bits per heavy atom. The molecule has 3 rings (SSSR count). The minimum Gasteiger partial charge on any atom is -0.506 e. The number of benzene rings is 2. The molecular formula is C17H18ClNO. The van der Waals surface area contributed by atoms with Crippen LogP contribution in [0.15, 0.2) is 36.4 Å². The summed E-state index contributed by atoms with van der Waals surface area (Å²) < 4.78 is 0. The molecule has 2 aromatic carbocycles. The number of fused-ring (bicyclic) bond motifs is 1. The van der Waals surface area contributed by atoms with Crippen molar-refractivity contribution in [3.05, 3.63) is 58.1 Å². The molecule has 1 aliphatic heterocycles. The van der Waals surface area contributed by atoms with E-state index in [2.05, 4.69) is 30.0 Å². The van der Waals surface area contributed by atoms with Crippen molar-refractivity contribution in [2.75, 3.05) is 11.4 Å². The topological polar surface area (TPSA) is 23.5 Å². The van der Waals surface area contributed by atoms with Crippen LogP contribution in [-0.4, -0.2) is 11.7 Å². The zero-order valence-corrected chi connectivity index (χ0v) is 12.3. The molecule has 1 aliphatic rings. The maximum Gasteiger partial charge on any atom is 0.134 e. The highest BCUT2D eigenvalue weighted by Gasteiger charge is 2.17. The van der Waals surface area contributed by atoms with Gasteiger partial charge in [0.15, 0.2) is 0 Å². The molecule has 0 spiro atoms. The molecule has 0 radical (unpaired) electrons. The van der Waals surface area contributed by atoms with E-state index in [1.807, 2.05) is 12.1 Å². The monoisotopic (exact) mass is 287 g/mol. The fraction of sp³-hybridized carbons (Fsp3) is 0.294. The molecule has 0 aromatic heterocycles. The van der Waals surface area contributed by atoms with Gasteiger partial charge in [-0.25, -0.2) is 0 Å². The first-order valence-corrected chi connectivity index (χ1v) is 7.33. The summed E-state index contributed by atoms with van der Waals surface area (Å²) in [7, 11) is 0. The number of rotatable bonds is 2. The van der Waals surface area contributed by atoms with Gasteiger partial charge in [-0.05, 0) is 49.1 Å². The van der Waals surface area contributed by atoms with Crippen molar-refractivity contribution < 1.29 is 5.11 Å². The minimum atomic E-state index is 0.144. The van der Waals surface area contributed by atoms with Crippen molar-refractivity contribution in [1.82, 2.24) is 0 Å². The SMILES string of the molecule is Cc1ccc2c(c1)CCCN2Cc1ccc(O)c(Cl)c1. The summed E-state index contributed by atoms with van der Waals surface area (Å²) in [5.41, 5.74) is 5.20. The first kappa shape index (κ1) is 13.3. The average Bonchev–Trinajstić information content (AvgIpc) is 2.43. The van der Waals surface area contributed by atoms with E-state index in [4.69, 9.17) is 11.6 Å². The van der Waals surface area contributed by atoms with Crippen LogP contribution in [0.3, 0.4) is 0 Å². The van der Waals surface area contributed by atoms with Crippen LogP contribution < -0.4 is 4.90 Å².